The Hall–Kier alpha value is -3.59. The molecular weight excluding hydrogens is 531 g/mol. The summed E-state index contributed by atoms with van der Waals surface area (Å²) < 4.78 is 20.1. The predicted octanol–water partition coefficient (Wildman–Crippen LogP) is -1.82. The first-order valence-corrected chi connectivity index (χ1v) is 12.7. The number of primary amides is 1. The number of benzene rings is 1. The molecule has 6 atom stereocenters. The highest BCUT2D eigenvalue weighted by atomic mass is 19.1. The largest absolute Gasteiger partial charge is 0.505 e. The van der Waals surface area contributed by atoms with Crippen LogP contribution >= 0.6 is 0 Å². The number of methoxy groups -OCH3 is 1. The minimum absolute atomic E-state index is 0.192. The highest BCUT2D eigenvalue weighted by Gasteiger charge is 2.69. The van der Waals surface area contributed by atoms with E-state index in [0.29, 0.717) is 13.2 Å². The maximum atomic E-state index is 15.3. The van der Waals surface area contributed by atoms with Gasteiger partial charge in [0.05, 0.1) is 36.4 Å². The first-order valence-electron chi connectivity index (χ1n) is 12.7. The van der Waals surface area contributed by atoms with Crippen LogP contribution in [0.5, 0.6) is 5.75 Å². The van der Waals surface area contributed by atoms with Crippen LogP contribution in [0.3, 0.4) is 0 Å². The smallest absolute Gasteiger partial charge is 0.238 e. The number of nitrogens with two attached hydrogens (primary N) is 1. The molecule has 2 saturated carbocycles. The molecule has 0 spiro atoms. The number of carbonyl (C=O) groups excluding carboxylic acids is 6. The number of phenolic OH excluding ortho intramolecular Hbond substituents is 1. The second-order valence-electron chi connectivity index (χ2n) is 10.6. The van der Waals surface area contributed by atoms with E-state index in [4.69, 9.17) is 10.5 Å². The van der Waals surface area contributed by atoms with Crippen molar-refractivity contribution in [1.29, 1.82) is 0 Å². The SMILES string of the molecule is COCCNCC(=O)Nc1cc(F)c2c(c1O)C(=O)C1C(=O)[C@]3(O)C(=O)C(C(N)=O)C(=O)[C@@H](N(C)C)[C@@H]3C[C@@H]1C2. The van der Waals surface area contributed by atoms with Gasteiger partial charge in [-0.3, -0.25) is 33.7 Å². The molecule has 14 heteroatoms. The Morgan fingerprint density at radius 2 is 1.90 bits per heavy atom. The molecule has 3 aliphatic carbocycles. The van der Waals surface area contributed by atoms with Gasteiger partial charge in [-0.25, -0.2) is 4.39 Å². The van der Waals surface area contributed by atoms with Crippen LogP contribution in [0.1, 0.15) is 22.3 Å². The van der Waals surface area contributed by atoms with Gasteiger partial charge in [-0.05, 0) is 32.9 Å². The summed E-state index contributed by atoms with van der Waals surface area (Å²) in [5.74, 6) is -14.2. The van der Waals surface area contributed by atoms with Crippen LogP contribution in [0.15, 0.2) is 6.07 Å². The van der Waals surface area contributed by atoms with Crippen LogP contribution in [0.25, 0.3) is 0 Å². The Balaban J connectivity index is 1.72. The monoisotopic (exact) mass is 562 g/mol. The van der Waals surface area contributed by atoms with Crippen LogP contribution in [-0.2, 0) is 35.1 Å². The van der Waals surface area contributed by atoms with E-state index in [1.165, 1.54) is 26.1 Å². The zero-order chi connectivity index (χ0) is 29.7. The molecule has 4 rings (SSSR count). The lowest BCUT2D eigenvalue weighted by molar-refractivity contribution is -0.181. The number of carbonyl (C=O) groups is 6. The maximum Gasteiger partial charge on any atom is 0.238 e. The zero-order valence-corrected chi connectivity index (χ0v) is 22.2. The number of ether oxygens (including phenoxy) is 1. The molecule has 1 aromatic rings. The standard InChI is InChI=1S/C26H31FN4O9/c1-31(2)19-12-7-10-6-11-13(27)8-14(30-15(32)9-29-4-5-40-3)20(33)17(11)21(34)16(10)23(36)26(12,39)24(37)18(22(19)35)25(28)38/h8,10,12,16,18-19,29,33,39H,4-7,9H2,1-3H3,(H2,28,38)(H,30,32)/t10-,12-,16?,18?,19-,26-/m0/s1. The predicted molar refractivity (Wildman–Crippen MR) is 135 cm³/mol. The summed E-state index contributed by atoms with van der Waals surface area (Å²) in [6.07, 6.45) is -0.423. The number of nitrogens with zero attached hydrogens (tertiary/aromatic N) is 1. The first kappa shape index (κ1) is 29.4. The van der Waals surface area contributed by atoms with Crippen molar-refractivity contribution in [3.8, 4) is 5.75 Å². The fourth-order valence-electron chi connectivity index (χ4n) is 6.29. The van der Waals surface area contributed by atoms with Gasteiger partial charge in [0, 0.05) is 31.2 Å². The molecule has 3 aliphatic rings. The average Bonchev–Trinajstić information content (AvgIpc) is 2.86. The third kappa shape index (κ3) is 4.50. The van der Waals surface area contributed by atoms with Gasteiger partial charge in [0.1, 0.15) is 11.6 Å². The number of fused-ring (bicyclic) bond motifs is 3. The van der Waals surface area contributed by atoms with Crippen LogP contribution in [0, 0.1) is 29.5 Å². The number of ketones is 4. The van der Waals surface area contributed by atoms with Gasteiger partial charge in [-0.2, -0.15) is 0 Å². The molecule has 0 radical (unpaired) electrons. The average molecular weight is 563 g/mol. The molecule has 40 heavy (non-hydrogen) atoms. The summed E-state index contributed by atoms with van der Waals surface area (Å²) in [5, 5.41) is 27.5. The summed E-state index contributed by atoms with van der Waals surface area (Å²) >= 11 is 0. The zero-order valence-electron chi connectivity index (χ0n) is 22.2. The molecule has 2 amide bonds. The van der Waals surface area contributed by atoms with E-state index >= 15 is 4.39 Å². The lowest BCUT2D eigenvalue weighted by Gasteiger charge is -2.52. The Labute approximate surface area is 228 Å². The van der Waals surface area contributed by atoms with Gasteiger partial charge >= 0.3 is 0 Å². The number of hydrogen-bond acceptors (Lipinski definition) is 11. The van der Waals surface area contributed by atoms with Crippen LogP contribution < -0.4 is 16.4 Å². The number of nitrogens with one attached hydrogen (secondary N) is 2. The number of Topliss-reactive ketones (excluding diaryl/α,β-unsaturated/α-hetero) is 4. The minimum Gasteiger partial charge on any atom is -0.505 e. The van der Waals surface area contributed by atoms with Gasteiger partial charge in [-0.1, -0.05) is 0 Å². The molecule has 6 N–H and O–H groups in total. The van der Waals surface area contributed by atoms with Crippen molar-refractivity contribution in [2.24, 2.45) is 29.4 Å². The van der Waals surface area contributed by atoms with Gasteiger partial charge in [0.25, 0.3) is 0 Å². The third-order valence-corrected chi connectivity index (χ3v) is 8.05. The minimum atomic E-state index is -2.88. The van der Waals surface area contributed by atoms with Crippen molar-refractivity contribution in [1.82, 2.24) is 10.2 Å². The van der Waals surface area contributed by atoms with E-state index in [1.807, 2.05) is 0 Å². The molecule has 0 heterocycles. The first-order chi connectivity index (χ1) is 18.8. The number of aromatic hydroxyl groups is 1. The van der Waals surface area contributed by atoms with E-state index in [2.05, 4.69) is 10.6 Å². The lowest BCUT2D eigenvalue weighted by atomic mass is 9.52. The summed E-state index contributed by atoms with van der Waals surface area (Å²) in [6.45, 7) is 0.468. The van der Waals surface area contributed by atoms with E-state index in [0.717, 1.165) is 6.07 Å². The van der Waals surface area contributed by atoms with Crippen LogP contribution in [0.2, 0.25) is 0 Å². The molecule has 216 valence electrons. The van der Waals surface area contributed by atoms with Crippen LogP contribution in [0.4, 0.5) is 10.1 Å². The summed E-state index contributed by atoms with van der Waals surface area (Å²) in [5.41, 5.74) is 1.27. The van der Waals surface area contributed by atoms with Gasteiger partial charge in [0.15, 0.2) is 34.7 Å². The number of aliphatic hydroxyl groups is 1. The van der Waals surface area contributed by atoms with E-state index in [-0.39, 0.29) is 24.9 Å². The Bertz CT molecular complexity index is 1320. The molecule has 0 aliphatic heterocycles. The lowest BCUT2D eigenvalue weighted by Crippen LogP contribution is -2.74. The van der Waals surface area contributed by atoms with Crippen molar-refractivity contribution in [2.75, 3.05) is 46.2 Å². The maximum absolute atomic E-state index is 15.3. The van der Waals surface area contributed by atoms with Gasteiger partial charge in [-0.15, -0.1) is 0 Å². The topological polar surface area (TPSA) is 205 Å². The summed E-state index contributed by atoms with van der Waals surface area (Å²) in [6, 6.07) is -0.390. The molecule has 0 bridgehead atoms. The number of anilines is 1. The second-order valence-corrected chi connectivity index (χ2v) is 10.6. The normalized spacial score (nSPS) is 29.6. The van der Waals surface area contributed by atoms with Crippen molar-refractivity contribution in [3.05, 3.63) is 23.0 Å². The van der Waals surface area contributed by atoms with Crippen molar-refractivity contribution in [3.63, 3.8) is 0 Å². The highest BCUT2D eigenvalue weighted by molar-refractivity contribution is 6.32. The highest BCUT2D eigenvalue weighted by Crippen LogP contribution is 2.51. The second kappa shape index (κ2) is 10.8. The Morgan fingerprint density at radius 1 is 1.23 bits per heavy atom. The number of likely N-dealkylation sites (N-methyl/N-ethyl adjacent to an activating group) is 1. The Morgan fingerprint density at radius 3 is 2.50 bits per heavy atom. The van der Waals surface area contributed by atoms with Crippen LogP contribution in [-0.4, -0.2) is 103 Å². The number of rotatable bonds is 8. The molecule has 1 aromatic carbocycles. The summed E-state index contributed by atoms with van der Waals surface area (Å²) in [4.78, 5) is 79.5. The molecule has 2 unspecified atom stereocenters. The van der Waals surface area contributed by atoms with Gasteiger partial charge in [0.2, 0.25) is 11.8 Å². The van der Waals surface area contributed by atoms with Crippen molar-refractivity contribution >= 4 is 40.6 Å². The van der Waals surface area contributed by atoms with Gasteiger partial charge < -0.3 is 31.3 Å². The third-order valence-electron chi connectivity index (χ3n) is 8.05. The molecule has 0 aromatic heterocycles. The van der Waals surface area contributed by atoms with E-state index in [9.17, 15) is 39.0 Å². The van der Waals surface area contributed by atoms with E-state index < -0.39 is 93.1 Å². The molecule has 13 nitrogen and oxygen atoms in total. The quantitative estimate of drug-likeness (QED) is 0.135. The number of phenols is 1. The van der Waals surface area contributed by atoms with Crippen molar-refractivity contribution < 1.29 is 48.1 Å². The fourth-order valence-corrected chi connectivity index (χ4v) is 6.29. The Kier molecular flexibility index (Phi) is 7.91. The van der Waals surface area contributed by atoms with E-state index in [1.54, 1.807) is 0 Å². The van der Waals surface area contributed by atoms with Crippen molar-refractivity contribution in [2.45, 2.75) is 24.5 Å². The molecular formula is C26H31FN4O9. The fraction of sp³-hybridized carbons (Fsp3) is 0.538. The number of halogens is 1. The summed E-state index contributed by atoms with van der Waals surface area (Å²) in [7, 11) is 4.41. The number of amides is 2. The molecule has 0 saturated heterocycles. The molecule has 2 fully saturated rings. The number of hydrogen-bond donors (Lipinski definition) is 5.